The van der Waals surface area contributed by atoms with E-state index in [0.717, 1.165) is 5.75 Å². The highest BCUT2D eigenvalue weighted by Gasteiger charge is 2.04. The molecule has 0 aliphatic rings. The van der Waals surface area contributed by atoms with Gasteiger partial charge in [-0.05, 0) is 12.1 Å². The minimum atomic E-state index is -0.547. The van der Waals surface area contributed by atoms with Crippen LogP contribution in [0, 0.1) is 0 Å². The predicted octanol–water partition coefficient (Wildman–Crippen LogP) is 1.03. The lowest BCUT2D eigenvalue weighted by atomic mass is 10.3. The van der Waals surface area contributed by atoms with Crippen molar-refractivity contribution in [2.75, 3.05) is 13.2 Å². The highest BCUT2D eigenvalue weighted by molar-refractivity contribution is 7.81. The number of nitrogens with one attached hydrogen (secondary N) is 1. The molecule has 1 aromatic rings. The van der Waals surface area contributed by atoms with Crippen LogP contribution in [-0.4, -0.2) is 24.4 Å². The molecule has 0 heterocycles. The van der Waals surface area contributed by atoms with Gasteiger partial charge in [-0.2, -0.15) is 12.6 Å². The van der Waals surface area contributed by atoms with Crippen LogP contribution in [0.15, 0.2) is 30.3 Å². The van der Waals surface area contributed by atoms with Crippen molar-refractivity contribution in [3.05, 3.63) is 30.3 Å². The lowest BCUT2D eigenvalue weighted by Crippen LogP contribution is -2.36. The molecule has 2 amide bonds. The molecular formula is C10H14N2O2S. The fourth-order valence-corrected chi connectivity index (χ4v) is 1.15. The molecular weight excluding hydrogens is 212 g/mol. The first-order chi connectivity index (χ1) is 7.18. The fraction of sp³-hybridized carbons (Fsp3) is 0.300. The maximum atomic E-state index is 10.4. The lowest BCUT2D eigenvalue weighted by Gasteiger charge is -2.12. The van der Waals surface area contributed by atoms with Crippen LogP contribution in [0.4, 0.5) is 4.79 Å². The third-order valence-electron chi connectivity index (χ3n) is 1.70. The summed E-state index contributed by atoms with van der Waals surface area (Å²) in [6, 6.07) is 8.88. The third kappa shape index (κ3) is 5.17. The van der Waals surface area contributed by atoms with Crippen LogP contribution < -0.4 is 15.8 Å². The average molecular weight is 226 g/mol. The number of hydrogen-bond donors (Lipinski definition) is 3. The van der Waals surface area contributed by atoms with Gasteiger partial charge in [-0.15, -0.1) is 0 Å². The van der Waals surface area contributed by atoms with Crippen molar-refractivity contribution in [1.82, 2.24) is 5.32 Å². The zero-order valence-electron chi connectivity index (χ0n) is 8.22. The van der Waals surface area contributed by atoms with E-state index in [9.17, 15) is 4.79 Å². The molecule has 0 aliphatic heterocycles. The van der Waals surface area contributed by atoms with Gasteiger partial charge < -0.3 is 15.8 Å². The molecule has 1 atom stereocenters. The molecule has 0 aromatic heterocycles. The Kier molecular flexibility index (Phi) is 4.83. The highest BCUT2D eigenvalue weighted by atomic mass is 32.1. The number of benzene rings is 1. The summed E-state index contributed by atoms with van der Waals surface area (Å²) in [5.74, 6) is 0.788. The number of hydrogen-bond acceptors (Lipinski definition) is 3. The minimum absolute atomic E-state index is 0.0716. The molecule has 82 valence electrons. The molecule has 1 aromatic carbocycles. The van der Waals surface area contributed by atoms with Crippen LogP contribution in [0.1, 0.15) is 0 Å². The van der Waals surface area contributed by atoms with Gasteiger partial charge in [0, 0.05) is 6.54 Å². The van der Waals surface area contributed by atoms with Crippen molar-refractivity contribution < 1.29 is 9.53 Å². The molecule has 0 bridgehead atoms. The highest BCUT2D eigenvalue weighted by Crippen LogP contribution is 2.09. The van der Waals surface area contributed by atoms with Crippen molar-refractivity contribution in [2.24, 2.45) is 5.73 Å². The van der Waals surface area contributed by atoms with E-state index in [2.05, 4.69) is 17.9 Å². The molecule has 0 aliphatic carbocycles. The number of primary amides is 1. The van der Waals surface area contributed by atoms with Crippen molar-refractivity contribution >= 4 is 18.7 Å². The summed E-state index contributed by atoms with van der Waals surface area (Å²) in [6.45, 7) is 0.818. The Balaban J connectivity index is 2.22. The zero-order chi connectivity index (χ0) is 11.1. The Morgan fingerprint density at radius 3 is 2.73 bits per heavy atom. The van der Waals surface area contributed by atoms with Crippen molar-refractivity contribution in [2.45, 2.75) is 5.25 Å². The summed E-state index contributed by atoms with van der Waals surface area (Å²) in [5, 5.41) is 2.39. The lowest BCUT2D eigenvalue weighted by molar-refractivity contribution is 0.247. The number of carbonyl (C=O) groups excluding carboxylic acids is 1. The molecule has 0 radical (unpaired) electrons. The maximum Gasteiger partial charge on any atom is 0.312 e. The van der Waals surface area contributed by atoms with Crippen LogP contribution in [-0.2, 0) is 0 Å². The third-order valence-corrected chi connectivity index (χ3v) is 2.03. The van der Waals surface area contributed by atoms with E-state index in [1.165, 1.54) is 0 Å². The summed E-state index contributed by atoms with van der Waals surface area (Å²) in [5.41, 5.74) is 4.92. The van der Waals surface area contributed by atoms with E-state index in [4.69, 9.17) is 10.5 Å². The maximum absolute atomic E-state index is 10.4. The summed E-state index contributed by atoms with van der Waals surface area (Å²) >= 11 is 4.24. The first-order valence-corrected chi connectivity index (χ1v) is 5.09. The molecule has 1 rings (SSSR count). The summed E-state index contributed by atoms with van der Waals surface area (Å²) in [6.07, 6.45) is 0. The zero-order valence-corrected chi connectivity index (χ0v) is 9.11. The number of ether oxygens (including phenoxy) is 1. The van der Waals surface area contributed by atoms with E-state index in [1.807, 2.05) is 30.3 Å². The second-order valence-corrected chi connectivity index (χ2v) is 3.75. The Morgan fingerprint density at radius 2 is 2.13 bits per heavy atom. The van der Waals surface area contributed by atoms with Crippen molar-refractivity contribution in [1.29, 1.82) is 0 Å². The number of thiol groups is 1. The second kappa shape index (κ2) is 6.19. The molecule has 0 saturated carbocycles. The quantitative estimate of drug-likeness (QED) is 0.657. The summed E-state index contributed by atoms with van der Waals surface area (Å²) in [7, 11) is 0. The van der Waals surface area contributed by atoms with Gasteiger partial charge in [-0.25, -0.2) is 4.79 Å². The Morgan fingerprint density at radius 1 is 1.47 bits per heavy atom. The van der Waals surface area contributed by atoms with Crippen LogP contribution in [0.25, 0.3) is 0 Å². The summed E-state index contributed by atoms with van der Waals surface area (Å²) < 4.78 is 5.43. The van der Waals surface area contributed by atoms with E-state index in [-0.39, 0.29) is 5.25 Å². The van der Waals surface area contributed by atoms with Crippen LogP contribution in [0.5, 0.6) is 5.75 Å². The van der Waals surface area contributed by atoms with E-state index < -0.39 is 6.03 Å². The Labute approximate surface area is 94.2 Å². The topological polar surface area (TPSA) is 64.4 Å². The largest absolute Gasteiger partial charge is 0.492 e. The first-order valence-electron chi connectivity index (χ1n) is 4.57. The van der Waals surface area contributed by atoms with Gasteiger partial charge in [0.15, 0.2) is 0 Å². The van der Waals surface area contributed by atoms with Crippen molar-refractivity contribution in [3.8, 4) is 5.75 Å². The monoisotopic (exact) mass is 226 g/mol. The van der Waals surface area contributed by atoms with Gasteiger partial charge in [0.1, 0.15) is 12.4 Å². The normalized spacial score (nSPS) is 11.8. The van der Waals surface area contributed by atoms with Gasteiger partial charge in [-0.3, -0.25) is 0 Å². The number of rotatable bonds is 5. The molecule has 0 saturated heterocycles. The Bertz CT molecular complexity index is 306. The first kappa shape index (κ1) is 11.7. The minimum Gasteiger partial charge on any atom is -0.492 e. The number of amides is 2. The standard InChI is InChI=1S/C10H14N2O2S/c11-10(13)12-6-9(15)7-14-8-4-2-1-3-5-8/h1-5,9,15H,6-7H2,(H3,11,12,13)/t9-/m1/s1. The van der Waals surface area contributed by atoms with Gasteiger partial charge in [0.05, 0.1) is 5.25 Å². The van der Waals surface area contributed by atoms with Gasteiger partial charge in [0.25, 0.3) is 0 Å². The number of urea groups is 1. The molecule has 4 nitrogen and oxygen atoms in total. The van der Waals surface area contributed by atoms with E-state index in [0.29, 0.717) is 13.2 Å². The smallest absolute Gasteiger partial charge is 0.312 e. The molecule has 0 unspecified atom stereocenters. The van der Waals surface area contributed by atoms with Crippen LogP contribution in [0.3, 0.4) is 0 Å². The van der Waals surface area contributed by atoms with E-state index >= 15 is 0 Å². The number of nitrogens with two attached hydrogens (primary N) is 1. The average Bonchev–Trinajstić information content (AvgIpc) is 2.25. The van der Waals surface area contributed by atoms with Gasteiger partial charge >= 0.3 is 6.03 Å². The molecule has 5 heteroatoms. The SMILES string of the molecule is NC(=O)NC[C@@H](S)COc1ccccc1. The van der Waals surface area contributed by atoms with E-state index in [1.54, 1.807) is 0 Å². The number of carbonyl (C=O) groups is 1. The summed E-state index contributed by atoms with van der Waals surface area (Å²) in [4.78, 5) is 10.4. The fourth-order valence-electron chi connectivity index (χ4n) is 0.986. The predicted molar refractivity (Wildman–Crippen MR) is 62.3 cm³/mol. The molecule has 0 fully saturated rings. The molecule has 3 N–H and O–H groups in total. The molecule has 15 heavy (non-hydrogen) atoms. The van der Waals surface area contributed by atoms with Crippen molar-refractivity contribution in [3.63, 3.8) is 0 Å². The Hall–Kier alpha value is -1.36. The van der Waals surface area contributed by atoms with Gasteiger partial charge in [0.2, 0.25) is 0 Å². The van der Waals surface area contributed by atoms with Crippen LogP contribution >= 0.6 is 12.6 Å². The number of para-hydroxylation sites is 1. The van der Waals surface area contributed by atoms with Crippen LogP contribution in [0.2, 0.25) is 0 Å². The molecule has 0 spiro atoms. The second-order valence-electron chi connectivity index (χ2n) is 3.02. The van der Waals surface area contributed by atoms with Gasteiger partial charge in [-0.1, -0.05) is 18.2 Å².